The van der Waals surface area contributed by atoms with Gasteiger partial charge in [-0.3, -0.25) is 4.79 Å². The van der Waals surface area contributed by atoms with Crippen LogP contribution in [0.5, 0.6) is 0 Å². The normalized spacial score (nSPS) is 14.9. The maximum Gasteiger partial charge on any atom is 0.405 e. The zero-order valence-electron chi connectivity index (χ0n) is 14.7. The summed E-state index contributed by atoms with van der Waals surface area (Å²) in [6, 6.07) is 5.58. The van der Waals surface area contributed by atoms with Crippen LogP contribution in [0, 0.1) is 0 Å². The molecule has 0 atom stereocenters. The minimum atomic E-state index is -4.43. The molecule has 0 radical (unpaired) electrons. The molecule has 0 unspecified atom stereocenters. The van der Waals surface area contributed by atoms with Crippen molar-refractivity contribution in [1.82, 2.24) is 20.6 Å². The number of rotatable bonds is 4. The van der Waals surface area contributed by atoms with E-state index in [1.807, 2.05) is 17.4 Å². The van der Waals surface area contributed by atoms with Gasteiger partial charge in [-0.05, 0) is 47.7 Å². The number of hydrogen-bond acceptors (Lipinski definition) is 4. The van der Waals surface area contributed by atoms with Crippen molar-refractivity contribution in [3.63, 3.8) is 0 Å². The number of H-pyrrole nitrogens is 1. The number of fused-ring (bicyclic) bond motifs is 1. The number of pyridine rings is 1. The van der Waals surface area contributed by atoms with Crippen LogP contribution in [0.1, 0.15) is 21.8 Å². The number of aromatic amines is 1. The molecule has 0 saturated carbocycles. The third kappa shape index (κ3) is 4.10. The van der Waals surface area contributed by atoms with Gasteiger partial charge in [0.25, 0.3) is 5.91 Å². The number of nitrogens with zero attached hydrogens (tertiary/aromatic N) is 1. The number of hydrogen-bond donors (Lipinski definition) is 3. The first-order valence-electron chi connectivity index (χ1n) is 8.72. The summed E-state index contributed by atoms with van der Waals surface area (Å²) in [6.45, 7) is 0.438. The van der Waals surface area contributed by atoms with Crippen LogP contribution in [-0.2, 0) is 0 Å². The molecule has 1 aliphatic rings. The van der Waals surface area contributed by atoms with Crippen molar-refractivity contribution < 1.29 is 18.0 Å². The van der Waals surface area contributed by atoms with Gasteiger partial charge in [-0.2, -0.15) is 13.2 Å². The summed E-state index contributed by atoms with van der Waals surface area (Å²) in [5.74, 6) is -0.733. The number of carbonyl (C=O) groups is 1. The fourth-order valence-corrected chi connectivity index (χ4v) is 3.90. The van der Waals surface area contributed by atoms with Crippen molar-refractivity contribution in [2.45, 2.75) is 12.6 Å². The maximum absolute atomic E-state index is 12.3. The van der Waals surface area contributed by atoms with E-state index in [2.05, 4.69) is 21.4 Å². The Morgan fingerprint density at radius 3 is 2.86 bits per heavy atom. The third-order valence-corrected chi connectivity index (χ3v) is 5.38. The summed E-state index contributed by atoms with van der Waals surface area (Å²) in [5.41, 5.74) is 4.54. The van der Waals surface area contributed by atoms with Crippen LogP contribution in [0.2, 0.25) is 0 Å². The number of thiophene rings is 1. The molecule has 0 bridgehead atoms. The third-order valence-electron chi connectivity index (χ3n) is 4.45. The number of nitrogens with one attached hydrogen (secondary N) is 3. The van der Waals surface area contributed by atoms with Gasteiger partial charge in [0.1, 0.15) is 12.2 Å². The van der Waals surface area contributed by atoms with Crippen molar-refractivity contribution in [2.75, 3.05) is 19.6 Å². The Morgan fingerprint density at radius 2 is 2.11 bits per heavy atom. The number of carbonyl (C=O) groups excluding carboxylic acids is 1. The standard InChI is InChI=1S/C19H17F3N4OS/c20-19(21,22)10-25-18(27)16-6-14(9-28-16)13-4-12-5-15(26-17(12)24-8-13)11-2-1-3-23-7-11/h2,4-6,8-9,23H,1,3,7,10H2,(H,24,26)(H,25,27). The van der Waals surface area contributed by atoms with Gasteiger partial charge in [-0.25, -0.2) is 4.98 Å². The molecular weight excluding hydrogens is 389 g/mol. The lowest BCUT2D eigenvalue weighted by atomic mass is 10.1. The molecule has 1 aliphatic heterocycles. The molecule has 0 fully saturated rings. The Balaban J connectivity index is 1.55. The van der Waals surface area contributed by atoms with E-state index in [1.165, 1.54) is 5.57 Å². The molecule has 3 aromatic heterocycles. The van der Waals surface area contributed by atoms with Crippen molar-refractivity contribution in [3.8, 4) is 11.1 Å². The Bertz CT molecular complexity index is 1050. The number of aromatic nitrogens is 2. The van der Waals surface area contributed by atoms with Gasteiger partial charge in [-0.15, -0.1) is 11.3 Å². The lowest BCUT2D eigenvalue weighted by Gasteiger charge is -2.12. The van der Waals surface area contributed by atoms with E-state index in [0.29, 0.717) is 0 Å². The highest BCUT2D eigenvalue weighted by atomic mass is 32.1. The number of halogens is 3. The summed E-state index contributed by atoms with van der Waals surface area (Å²) in [6.07, 6.45) is 0.444. The molecule has 1 amide bonds. The molecular formula is C19H17F3N4OS. The van der Waals surface area contributed by atoms with E-state index in [0.717, 1.165) is 58.7 Å². The molecule has 5 nitrogen and oxygen atoms in total. The molecule has 28 heavy (non-hydrogen) atoms. The van der Waals surface area contributed by atoms with Crippen LogP contribution in [0.4, 0.5) is 13.2 Å². The summed E-state index contributed by atoms with van der Waals surface area (Å²) < 4.78 is 36.8. The zero-order valence-corrected chi connectivity index (χ0v) is 15.5. The smallest absolute Gasteiger partial charge is 0.342 e. The van der Waals surface area contributed by atoms with Crippen molar-refractivity contribution in [2.24, 2.45) is 0 Å². The van der Waals surface area contributed by atoms with Crippen LogP contribution in [0.15, 0.2) is 35.9 Å². The average molecular weight is 406 g/mol. The van der Waals surface area contributed by atoms with Gasteiger partial charge in [0.05, 0.1) is 4.88 Å². The van der Waals surface area contributed by atoms with Gasteiger partial charge in [0.2, 0.25) is 0 Å². The molecule has 146 valence electrons. The van der Waals surface area contributed by atoms with Crippen LogP contribution in [0.25, 0.3) is 27.7 Å². The van der Waals surface area contributed by atoms with E-state index in [1.54, 1.807) is 17.6 Å². The Morgan fingerprint density at radius 1 is 1.25 bits per heavy atom. The fourth-order valence-electron chi connectivity index (χ4n) is 3.07. The minimum Gasteiger partial charge on any atom is -0.342 e. The van der Waals surface area contributed by atoms with Crippen molar-refractivity contribution in [3.05, 3.63) is 46.4 Å². The highest BCUT2D eigenvalue weighted by Gasteiger charge is 2.28. The predicted molar refractivity (Wildman–Crippen MR) is 103 cm³/mol. The highest BCUT2D eigenvalue weighted by molar-refractivity contribution is 7.12. The zero-order chi connectivity index (χ0) is 19.7. The molecule has 4 rings (SSSR count). The summed E-state index contributed by atoms with van der Waals surface area (Å²) in [4.78, 5) is 19.9. The second-order valence-corrected chi connectivity index (χ2v) is 7.45. The lowest BCUT2D eigenvalue weighted by Crippen LogP contribution is -2.33. The second-order valence-electron chi connectivity index (χ2n) is 6.54. The number of amides is 1. The van der Waals surface area contributed by atoms with Gasteiger partial charge in [0, 0.05) is 29.4 Å². The molecule has 3 N–H and O–H groups in total. The first kappa shape index (κ1) is 18.7. The summed E-state index contributed by atoms with van der Waals surface area (Å²) in [7, 11) is 0. The van der Waals surface area contributed by atoms with Gasteiger partial charge in [-0.1, -0.05) is 6.08 Å². The van der Waals surface area contributed by atoms with Gasteiger partial charge < -0.3 is 15.6 Å². The van der Waals surface area contributed by atoms with Crippen LogP contribution >= 0.6 is 11.3 Å². The largest absolute Gasteiger partial charge is 0.405 e. The maximum atomic E-state index is 12.3. The van der Waals surface area contributed by atoms with Crippen LogP contribution in [-0.4, -0.2) is 41.7 Å². The molecule has 3 aromatic rings. The topological polar surface area (TPSA) is 69.8 Å². The Labute approximate surface area is 162 Å². The van der Waals surface area contributed by atoms with Crippen LogP contribution in [0.3, 0.4) is 0 Å². The molecule has 0 saturated heterocycles. The molecule has 0 aromatic carbocycles. The lowest BCUT2D eigenvalue weighted by molar-refractivity contribution is -0.123. The quantitative estimate of drug-likeness (QED) is 0.614. The molecule has 0 aliphatic carbocycles. The van der Waals surface area contributed by atoms with E-state index in [4.69, 9.17) is 0 Å². The summed E-state index contributed by atoms with van der Waals surface area (Å²) >= 11 is 1.10. The molecule has 0 spiro atoms. The highest BCUT2D eigenvalue weighted by Crippen LogP contribution is 2.29. The predicted octanol–water partition coefficient (Wildman–Crippen LogP) is 3.96. The Hall–Kier alpha value is -2.65. The van der Waals surface area contributed by atoms with Gasteiger partial charge in [0.15, 0.2) is 0 Å². The van der Waals surface area contributed by atoms with E-state index in [-0.39, 0.29) is 4.88 Å². The monoisotopic (exact) mass is 406 g/mol. The first-order valence-corrected chi connectivity index (χ1v) is 9.60. The SMILES string of the molecule is O=C(NCC(F)(F)F)c1cc(-c2cnc3[nH]c(C4=CCCNC4)cc3c2)cs1. The van der Waals surface area contributed by atoms with E-state index < -0.39 is 18.6 Å². The van der Waals surface area contributed by atoms with Crippen molar-refractivity contribution in [1.29, 1.82) is 0 Å². The summed E-state index contributed by atoms with van der Waals surface area (Å²) in [5, 5.41) is 7.90. The fraction of sp³-hybridized carbons (Fsp3) is 0.263. The average Bonchev–Trinajstić information content (AvgIpc) is 3.33. The second kappa shape index (κ2) is 7.40. The van der Waals surface area contributed by atoms with Crippen LogP contribution < -0.4 is 10.6 Å². The molecule has 9 heteroatoms. The van der Waals surface area contributed by atoms with E-state index in [9.17, 15) is 18.0 Å². The number of alkyl halides is 3. The minimum absolute atomic E-state index is 0.229. The van der Waals surface area contributed by atoms with E-state index >= 15 is 0 Å². The van der Waals surface area contributed by atoms with Crippen molar-refractivity contribution >= 4 is 33.9 Å². The van der Waals surface area contributed by atoms with Gasteiger partial charge >= 0.3 is 6.18 Å². The Kier molecular flexibility index (Phi) is 4.94. The molecule has 4 heterocycles. The first-order chi connectivity index (χ1) is 13.4.